The molecule has 3 aromatic rings. The number of ether oxygens (including phenoxy) is 1. The van der Waals surface area contributed by atoms with Crippen molar-refractivity contribution in [3.05, 3.63) is 47.6 Å². The predicted octanol–water partition coefficient (Wildman–Crippen LogP) is 2.87. The van der Waals surface area contributed by atoms with E-state index in [1.54, 1.807) is 17.9 Å². The van der Waals surface area contributed by atoms with Gasteiger partial charge in [-0.25, -0.2) is 4.39 Å². The number of aryl methyl sites for hydroxylation is 1. The first-order chi connectivity index (χ1) is 12.0. The minimum absolute atomic E-state index is 0.162. The lowest BCUT2D eigenvalue weighted by Gasteiger charge is -2.37. The number of carbonyl (C=O) groups is 1. The largest absolute Gasteiger partial charge is 0.464 e. The van der Waals surface area contributed by atoms with E-state index in [9.17, 15) is 9.18 Å². The normalized spacial score (nSPS) is 21.0. The van der Waals surface area contributed by atoms with Gasteiger partial charge in [0.05, 0.1) is 24.5 Å². The van der Waals surface area contributed by atoms with E-state index in [0.29, 0.717) is 35.8 Å². The molecule has 0 spiro atoms. The molecular formula is C17H16FN3O4. The number of carbonyl (C=O) groups excluding carboxylic acids is 1. The lowest BCUT2D eigenvalue weighted by Crippen LogP contribution is -2.47. The van der Waals surface area contributed by atoms with Gasteiger partial charge in [-0.15, -0.1) is 0 Å². The molecular weight excluding hydrogens is 329 g/mol. The van der Waals surface area contributed by atoms with Gasteiger partial charge in [-0.1, -0.05) is 5.16 Å². The van der Waals surface area contributed by atoms with Crippen molar-refractivity contribution in [2.24, 2.45) is 0 Å². The summed E-state index contributed by atoms with van der Waals surface area (Å²) in [5.74, 6) is -0.0938. The first kappa shape index (κ1) is 15.8. The summed E-state index contributed by atoms with van der Waals surface area (Å²) in [5.41, 5.74) is 0.515. The Balaban J connectivity index is 1.77. The van der Waals surface area contributed by atoms with E-state index in [0.717, 1.165) is 0 Å². The lowest BCUT2D eigenvalue weighted by molar-refractivity contribution is -0.0600. The summed E-state index contributed by atoms with van der Waals surface area (Å²) in [6, 6.07) is 3.59. The van der Waals surface area contributed by atoms with Gasteiger partial charge in [0.15, 0.2) is 5.82 Å². The van der Waals surface area contributed by atoms with Crippen molar-refractivity contribution in [2.75, 3.05) is 13.2 Å². The van der Waals surface area contributed by atoms with Crippen molar-refractivity contribution < 1.29 is 22.9 Å². The summed E-state index contributed by atoms with van der Waals surface area (Å²) >= 11 is 0. The first-order valence-corrected chi connectivity index (χ1v) is 7.94. The molecule has 1 fully saturated rings. The highest BCUT2D eigenvalue weighted by atomic mass is 19.1. The molecule has 4 rings (SSSR count). The average molecular weight is 345 g/mol. The summed E-state index contributed by atoms with van der Waals surface area (Å²) in [4.78, 5) is 19.0. The standard InChI is InChI=1S/C17H16FN3O4/c1-9-14(16-19-10(2)20-25-16)21(4-6-23-9)17(22)13-8-12(18)7-11-3-5-24-15(11)13/h3,5,7-9,14H,4,6H2,1-2H3/t9-,14+/m1/s1. The molecule has 2 atom stereocenters. The van der Waals surface area contributed by atoms with Crippen LogP contribution in [0.5, 0.6) is 0 Å². The number of amides is 1. The fourth-order valence-corrected chi connectivity index (χ4v) is 3.17. The Morgan fingerprint density at radius 1 is 1.40 bits per heavy atom. The van der Waals surface area contributed by atoms with Crippen LogP contribution in [-0.2, 0) is 4.74 Å². The van der Waals surface area contributed by atoms with E-state index in [1.807, 2.05) is 6.92 Å². The summed E-state index contributed by atoms with van der Waals surface area (Å²) in [5, 5.41) is 4.33. The number of nitrogens with zero attached hydrogens (tertiary/aromatic N) is 3. The zero-order valence-corrected chi connectivity index (χ0v) is 13.7. The number of hydrogen-bond donors (Lipinski definition) is 0. The molecule has 0 bridgehead atoms. The molecule has 130 valence electrons. The van der Waals surface area contributed by atoms with Crippen LogP contribution in [0.3, 0.4) is 0 Å². The second-order valence-corrected chi connectivity index (χ2v) is 5.99. The molecule has 1 amide bonds. The minimum atomic E-state index is -0.546. The Hall–Kier alpha value is -2.74. The Morgan fingerprint density at radius 2 is 2.24 bits per heavy atom. The molecule has 25 heavy (non-hydrogen) atoms. The van der Waals surface area contributed by atoms with E-state index in [-0.39, 0.29) is 17.6 Å². The Morgan fingerprint density at radius 3 is 3.00 bits per heavy atom. The van der Waals surface area contributed by atoms with Gasteiger partial charge in [-0.05, 0) is 32.0 Å². The van der Waals surface area contributed by atoms with Crippen LogP contribution in [0.15, 0.2) is 33.4 Å². The molecule has 1 aromatic carbocycles. The number of rotatable bonds is 2. The lowest BCUT2D eigenvalue weighted by atomic mass is 10.0. The molecule has 0 aliphatic carbocycles. The molecule has 1 aliphatic heterocycles. The van der Waals surface area contributed by atoms with Crippen LogP contribution in [0.4, 0.5) is 4.39 Å². The zero-order chi connectivity index (χ0) is 17.6. The molecule has 1 saturated heterocycles. The highest BCUT2D eigenvalue weighted by Crippen LogP contribution is 2.32. The van der Waals surface area contributed by atoms with Crippen LogP contribution in [0.2, 0.25) is 0 Å². The minimum Gasteiger partial charge on any atom is -0.464 e. The van der Waals surface area contributed by atoms with E-state index >= 15 is 0 Å². The van der Waals surface area contributed by atoms with Gasteiger partial charge < -0.3 is 18.6 Å². The van der Waals surface area contributed by atoms with Gasteiger partial charge in [0.1, 0.15) is 17.4 Å². The SMILES string of the molecule is Cc1noc([C@@H]2[C@@H](C)OCCN2C(=O)c2cc(F)cc3ccoc23)n1. The van der Waals surface area contributed by atoms with Gasteiger partial charge in [0.25, 0.3) is 11.8 Å². The molecule has 0 N–H and O–H groups in total. The van der Waals surface area contributed by atoms with Gasteiger partial charge in [-0.2, -0.15) is 4.98 Å². The number of hydrogen-bond acceptors (Lipinski definition) is 6. The fourth-order valence-electron chi connectivity index (χ4n) is 3.17. The van der Waals surface area contributed by atoms with Crippen LogP contribution in [0, 0.1) is 12.7 Å². The van der Waals surface area contributed by atoms with Crippen molar-refractivity contribution >= 4 is 16.9 Å². The summed E-state index contributed by atoms with van der Waals surface area (Å²) in [6.45, 7) is 4.23. The summed E-state index contributed by atoms with van der Waals surface area (Å²) in [6.07, 6.45) is 1.10. The average Bonchev–Trinajstić information content (AvgIpc) is 3.21. The monoisotopic (exact) mass is 345 g/mol. The van der Waals surface area contributed by atoms with E-state index in [4.69, 9.17) is 13.7 Å². The molecule has 0 saturated carbocycles. The van der Waals surface area contributed by atoms with Gasteiger partial charge in [0.2, 0.25) is 0 Å². The maximum absolute atomic E-state index is 13.9. The number of morpholine rings is 1. The molecule has 1 aliphatic rings. The second kappa shape index (κ2) is 5.96. The number of aromatic nitrogens is 2. The van der Waals surface area contributed by atoms with Crippen LogP contribution >= 0.6 is 0 Å². The third-order valence-electron chi connectivity index (χ3n) is 4.30. The van der Waals surface area contributed by atoms with Crippen molar-refractivity contribution in [3.63, 3.8) is 0 Å². The highest BCUT2D eigenvalue weighted by Gasteiger charge is 2.39. The van der Waals surface area contributed by atoms with Crippen LogP contribution in [0.25, 0.3) is 11.0 Å². The van der Waals surface area contributed by atoms with E-state index in [2.05, 4.69) is 10.1 Å². The smallest absolute Gasteiger partial charge is 0.258 e. The zero-order valence-electron chi connectivity index (χ0n) is 13.7. The molecule has 7 nitrogen and oxygen atoms in total. The van der Waals surface area contributed by atoms with Crippen molar-refractivity contribution in [1.82, 2.24) is 15.0 Å². The quantitative estimate of drug-likeness (QED) is 0.710. The van der Waals surface area contributed by atoms with Crippen molar-refractivity contribution in [2.45, 2.75) is 26.0 Å². The van der Waals surface area contributed by atoms with Crippen LogP contribution in [-0.4, -0.2) is 40.2 Å². The third kappa shape index (κ3) is 2.68. The first-order valence-electron chi connectivity index (χ1n) is 7.94. The fraction of sp³-hybridized carbons (Fsp3) is 0.353. The number of benzene rings is 1. The molecule has 2 aromatic heterocycles. The van der Waals surface area contributed by atoms with E-state index < -0.39 is 11.9 Å². The van der Waals surface area contributed by atoms with E-state index in [1.165, 1.54) is 18.4 Å². The van der Waals surface area contributed by atoms with Gasteiger partial charge >= 0.3 is 0 Å². The molecule has 3 heterocycles. The number of furan rings is 1. The van der Waals surface area contributed by atoms with Crippen molar-refractivity contribution in [1.29, 1.82) is 0 Å². The van der Waals surface area contributed by atoms with Crippen molar-refractivity contribution in [3.8, 4) is 0 Å². The Kier molecular flexibility index (Phi) is 3.76. The highest BCUT2D eigenvalue weighted by molar-refractivity contribution is 6.05. The third-order valence-corrected chi connectivity index (χ3v) is 4.30. The number of halogens is 1. The van der Waals surface area contributed by atoms with Crippen LogP contribution < -0.4 is 0 Å². The Bertz CT molecular complexity index is 935. The molecule has 0 unspecified atom stereocenters. The second-order valence-electron chi connectivity index (χ2n) is 5.99. The topological polar surface area (TPSA) is 81.6 Å². The Labute approximate surface area is 142 Å². The maximum atomic E-state index is 13.9. The molecule has 8 heteroatoms. The summed E-state index contributed by atoms with van der Waals surface area (Å²) < 4.78 is 30.2. The van der Waals surface area contributed by atoms with Gasteiger partial charge in [0, 0.05) is 11.9 Å². The maximum Gasteiger partial charge on any atom is 0.258 e. The van der Waals surface area contributed by atoms with Crippen LogP contribution in [0.1, 0.15) is 35.0 Å². The van der Waals surface area contributed by atoms with Gasteiger partial charge in [-0.3, -0.25) is 4.79 Å². The predicted molar refractivity (Wildman–Crippen MR) is 84.4 cm³/mol. The summed E-state index contributed by atoms with van der Waals surface area (Å²) in [7, 11) is 0. The number of fused-ring (bicyclic) bond motifs is 1. The molecule has 0 radical (unpaired) electrons.